The largest absolute Gasteiger partial charge is 0.497 e. The second-order valence-corrected chi connectivity index (χ2v) is 5.66. The molecule has 2 aromatic rings. The lowest BCUT2D eigenvalue weighted by Gasteiger charge is -2.11. The first kappa shape index (κ1) is 14.7. The highest BCUT2D eigenvalue weighted by atomic mass is 32.2. The molecule has 0 bridgehead atoms. The van der Waals surface area contributed by atoms with E-state index in [-0.39, 0.29) is 11.0 Å². The Kier molecular flexibility index (Phi) is 4.84. The summed E-state index contributed by atoms with van der Waals surface area (Å²) in [6.07, 6.45) is 3.68. The molecule has 5 heteroatoms. The number of aryl methyl sites for hydroxylation is 1. The molecular formula is C15H18N2O2S. The molecule has 0 fully saturated rings. The minimum Gasteiger partial charge on any atom is -0.497 e. The van der Waals surface area contributed by atoms with Gasteiger partial charge in [-0.15, -0.1) is 0 Å². The first-order valence-corrected chi connectivity index (χ1v) is 7.39. The molecule has 0 amide bonds. The van der Waals surface area contributed by atoms with Crippen molar-refractivity contribution in [2.45, 2.75) is 30.8 Å². The standard InChI is InChI=1S/C15H18N2O2S/c1-4-17-10-9-16-15(17)20-11(2)14(18)12-5-7-13(19-3)8-6-12/h5-11H,4H2,1-3H3. The molecular weight excluding hydrogens is 272 g/mol. The van der Waals surface area contributed by atoms with Crippen LogP contribution in [0.3, 0.4) is 0 Å². The van der Waals surface area contributed by atoms with E-state index in [2.05, 4.69) is 11.9 Å². The summed E-state index contributed by atoms with van der Waals surface area (Å²) in [6.45, 7) is 4.82. The van der Waals surface area contributed by atoms with E-state index >= 15 is 0 Å². The Hall–Kier alpha value is -1.75. The highest BCUT2D eigenvalue weighted by Gasteiger charge is 2.18. The van der Waals surface area contributed by atoms with Crippen LogP contribution in [0.15, 0.2) is 41.8 Å². The second-order valence-electron chi connectivity index (χ2n) is 4.35. The number of ether oxygens (including phenoxy) is 1. The van der Waals surface area contributed by atoms with Crippen LogP contribution in [0.25, 0.3) is 0 Å². The van der Waals surface area contributed by atoms with Crippen LogP contribution < -0.4 is 4.74 Å². The Balaban J connectivity index is 2.08. The molecule has 0 aliphatic carbocycles. The lowest BCUT2D eigenvalue weighted by Crippen LogP contribution is -2.14. The van der Waals surface area contributed by atoms with E-state index in [9.17, 15) is 4.79 Å². The predicted octanol–water partition coefficient (Wildman–Crippen LogP) is 3.28. The van der Waals surface area contributed by atoms with Gasteiger partial charge in [-0.2, -0.15) is 0 Å². The van der Waals surface area contributed by atoms with E-state index in [1.807, 2.05) is 17.7 Å². The number of carbonyl (C=O) groups is 1. The Labute approximate surface area is 123 Å². The molecule has 0 saturated heterocycles. The molecule has 1 aromatic carbocycles. The number of nitrogens with zero attached hydrogens (tertiary/aromatic N) is 2. The number of imidazole rings is 1. The van der Waals surface area contributed by atoms with Gasteiger partial charge in [0.15, 0.2) is 10.9 Å². The number of ketones is 1. The number of hydrogen-bond acceptors (Lipinski definition) is 4. The number of rotatable bonds is 6. The summed E-state index contributed by atoms with van der Waals surface area (Å²) < 4.78 is 7.13. The maximum absolute atomic E-state index is 12.4. The van der Waals surface area contributed by atoms with Crippen LogP contribution in [0.1, 0.15) is 24.2 Å². The average molecular weight is 290 g/mol. The molecule has 1 heterocycles. The molecule has 1 atom stereocenters. The van der Waals surface area contributed by atoms with Crippen molar-refractivity contribution in [2.24, 2.45) is 0 Å². The van der Waals surface area contributed by atoms with Gasteiger partial charge in [0.1, 0.15) is 5.75 Å². The van der Waals surface area contributed by atoms with Crippen LogP contribution in [0.2, 0.25) is 0 Å². The Bertz CT molecular complexity index is 578. The van der Waals surface area contributed by atoms with Crippen LogP contribution in [0.5, 0.6) is 5.75 Å². The molecule has 106 valence electrons. The number of methoxy groups -OCH3 is 1. The molecule has 1 unspecified atom stereocenters. The van der Waals surface area contributed by atoms with Crippen LogP contribution in [0.4, 0.5) is 0 Å². The van der Waals surface area contributed by atoms with E-state index in [0.717, 1.165) is 17.5 Å². The summed E-state index contributed by atoms with van der Waals surface area (Å²) in [6, 6.07) is 7.20. The molecule has 0 N–H and O–H groups in total. The minimum absolute atomic E-state index is 0.100. The molecule has 0 aliphatic heterocycles. The number of carbonyl (C=O) groups excluding carboxylic acids is 1. The van der Waals surface area contributed by atoms with E-state index < -0.39 is 0 Å². The zero-order valence-electron chi connectivity index (χ0n) is 11.9. The normalized spacial score (nSPS) is 12.2. The number of Topliss-reactive ketones (excluding diaryl/α,β-unsaturated/α-hetero) is 1. The zero-order valence-corrected chi connectivity index (χ0v) is 12.7. The monoisotopic (exact) mass is 290 g/mol. The molecule has 0 aliphatic rings. The Morgan fingerprint density at radius 2 is 2.10 bits per heavy atom. The predicted molar refractivity (Wildman–Crippen MR) is 80.5 cm³/mol. The van der Waals surface area contributed by atoms with Crippen molar-refractivity contribution in [1.82, 2.24) is 9.55 Å². The molecule has 1 aromatic heterocycles. The highest BCUT2D eigenvalue weighted by Crippen LogP contribution is 2.25. The van der Waals surface area contributed by atoms with Crippen molar-refractivity contribution in [2.75, 3.05) is 7.11 Å². The molecule has 4 nitrogen and oxygen atoms in total. The van der Waals surface area contributed by atoms with Crippen molar-refractivity contribution in [3.8, 4) is 5.75 Å². The second kappa shape index (κ2) is 6.61. The van der Waals surface area contributed by atoms with Gasteiger partial charge in [0, 0.05) is 24.5 Å². The van der Waals surface area contributed by atoms with Crippen molar-refractivity contribution < 1.29 is 9.53 Å². The van der Waals surface area contributed by atoms with Gasteiger partial charge in [-0.05, 0) is 38.1 Å². The average Bonchev–Trinajstić information content (AvgIpc) is 2.93. The smallest absolute Gasteiger partial charge is 0.175 e. The number of benzene rings is 1. The molecule has 2 rings (SSSR count). The Morgan fingerprint density at radius 3 is 2.70 bits per heavy atom. The van der Waals surface area contributed by atoms with Gasteiger partial charge < -0.3 is 9.30 Å². The Morgan fingerprint density at radius 1 is 1.40 bits per heavy atom. The van der Waals surface area contributed by atoms with Crippen LogP contribution >= 0.6 is 11.8 Å². The SMILES string of the molecule is CCn1ccnc1SC(C)C(=O)c1ccc(OC)cc1. The minimum atomic E-state index is -0.170. The molecule has 0 radical (unpaired) electrons. The van der Waals surface area contributed by atoms with Gasteiger partial charge in [-0.25, -0.2) is 4.98 Å². The van der Waals surface area contributed by atoms with Crippen LogP contribution in [-0.2, 0) is 6.54 Å². The van der Waals surface area contributed by atoms with Gasteiger partial charge in [-0.3, -0.25) is 4.79 Å². The first-order valence-electron chi connectivity index (χ1n) is 6.51. The topological polar surface area (TPSA) is 44.1 Å². The van der Waals surface area contributed by atoms with Crippen molar-refractivity contribution in [3.63, 3.8) is 0 Å². The van der Waals surface area contributed by atoms with E-state index in [1.54, 1.807) is 37.6 Å². The quantitative estimate of drug-likeness (QED) is 0.605. The fourth-order valence-corrected chi connectivity index (χ4v) is 2.86. The number of aromatic nitrogens is 2. The maximum atomic E-state index is 12.4. The summed E-state index contributed by atoms with van der Waals surface area (Å²) in [5.41, 5.74) is 0.695. The summed E-state index contributed by atoms with van der Waals surface area (Å²) in [4.78, 5) is 16.7. The summed E-state index contributed by atoms with van der Waals surface area (Å²) in [5, 5.41) is 0.706. The number of hydrogen-bond donors (Lipinski definition) is 0. The van der Waals surface area contributed by atoms with Gasteiger partial charge >= 0.3 is 0 Å². The van der Waals surface area contributed by atoms with E-state index in [1.165, 1.54) is 11.8 Å². The molecule has 20 heavy (non-hydrogen) atoms. The van der Waals surface area contributed by atoms with Crippen LogP contribution in [-0.4, -0.2) is 27.7 Å². The third-order valence-electron chi connectivity index (χ3n) is 3.04. The first-order chi connectivity index (χ1) is 9.65. The summed E-state index contributed by atoms with van der Waals surface area (Å²) in [5.74, 6) is 0.853. The third kappa shape index (κ3) is 3.22. The highest BCUT2D eigenvalue weighted by molar-refractivity contribution is 8.00. The fourth-order valence-electron chi connectivity index (χ4n) is 1.86. The zero-order chi connectivity index (χ0) is 14.5. The van der Waals surface area contributed by atoms with Gasteiger partial charge in [0.25, 0.3) is 0 Å². The maximum Gasteiger partial charge on any atom is 0.175 e. The fraction of sp³-hybridized carbons (Fsp3) is 0.333. The van der Waals surface area contributed by atoms with Gasteiger partial charge in [0.05, 0.1) is 12.4 Å². The lowest BCUT2D eigenvalue weighted by atomic mass is 10.1. The summed E-state index contributed by atoms with van der Waals surface area (Å²) in [7, 11) is 1.61. The van der Waals surface area contributed by atoms with Crippen molar-refractivity contribution in [1.29, 1.82) is 0 Å². The summed E-state index contributed by atoms with van der Waals surface area (Å²) >= 11 is 1.49. The van der Waals surface area contributed by atoms with E-state index in [0.29, 0.717) is 5.56 Å². The molecule has 0 spiro atoms. The number of thioether (sulfide) groups is 1. The van der Waals surface area contributed by atoms with Crippen molar-refractivity contribution >= 4 is 17.5 Å². The van der Waals surface area contributed by atoms with Gasteiger partial charge in [-0.1, -0.05) is 11.8 Å². The van der Waals surface area contributed by atoms with Crippen LogP contribution in [0, 0.1) is 0 Å². The van der Waals surface area contributed by atoms with Gasteiger partial charge in [0.2, 0.25) is 0 Å². The third-order valence-corrected chi connectivity index (χ3v) is 4.16. The van der Waals surface area contributed by atoms with Crippen molar-refractivity contribution in [3.05, 3.63) is 42.2 Å². The molecule has 0 saturated carbocycles. The lowest BCUT2D eigenvalue weighted by molar-refractivity contribution is 0.0994. The van der Waals surface area contributed by atoms with E-state index in [4.69, 9.17) is 4.74 Å².